The Hall–Kier alpha value is -1.42. The highest BCUT2D eigenvalue weighted by atomic mass is 79.9. The first kappa shape index (κ1) is 11.1. The molecule has 1 heterocycles. The zero-order chi connectivity index (χ0) is 11.5. The van der Waals surface area contributed by atoms with E-state index in [1.165, 1.54) is 6.07 Å². The summed E-state index contributed by atoms with van der Waals surface area (Å²) in [5.74, 6) is 0.652. The van der Waals surface area contributed by atoms with Crippen LogP contribution in [0, 0.1) is 6.92 Å². The van der Waals surface area contributed by atoms with E-state index < -0.39 is 0 Å². The Morgan fingerprint density at radius 2 is 2.00 bits per heavy atom. The van der Waals surface area contributed by atoms with Crippen LogP contribution in [0.15, 0.2) is 39.6 Å². The Morgan fingerprint density at radius 3 is 2.62 bits per heavy atom. The van der Waals surface area contributed by atoms with Gasteiger partial charge in [0, 0.05) is 17.0 Å². The highest BCUT2D eigenvalue weighted by Crippen LogP contribution is 2.12. The minimum atomic E-state index is -0.0976. The molecule has 16 heavy (non-hydrogen) atoms. The molecule has 1 aromatic heterocycles. The minimum absolute atomic E-state index is 0.0976. The van der Waals surface area contributed by atoms with Crippen LogP contribution >= 0.6 is 15.9 Å². The van der Waals surface area contributed by atoms with E-state index in [4.69, 9.17) is 0 Å². The van der Waals surface area contributed by atoms with E-state index in [-0.39, 0.29) is 5.56 Å². The fraction of sp³-hybridized carbons (Fsp3) is 0.167. The predicted octanol–water partition coefficient (Wildman–Crippen LogP) is 2.43. The maximum Gasteiger partial charge on any atom is 0.251 e. The molecule has 2 aromatic rings. The van der Waals surface area contributed by atoms with Gasteiger partial charge in [0.05, 0.1) is 5.69 Å². The summed E-state index contributed by atoms with van der Waals surface area (Å²) in [6.07, 6.45) is 0.679. The smallest absolute Gasteiger partial charge is 0.251 e. The second-order valence-corrected chi connectivity index (χ2v) is 4.54. The third kappa shape index (κ3) is 2.79. The molecule has 0 aliphatic carbocycles. The highest BCUT2D eigenvalue weighted by Gasteiger charge is 2.00. The number of aryl methyl sites for hydroxylation is 1. The fourth-order valence-corrected chi connectivity index (χ4v) is 1.81. The Morgan fingerprint density at radius 1 is 1.31 bits per heavy atom. The van der Waals surface area contributed by atoms with Crippen molar-refractivity contribution < 1.29 is 0 Å². The molecular formula is C12H11BrN2O. The molecule has 0 fully saturated rings. The van der Waals surface area contributed by atoms with Crippen LogP contribution in [0.3, 0.4) is 0 Å². The molecule has 0 saturated carbocycles. The molecule has 0 aliphatic rings. The molecule has 1 N–H and O–H groups in total. The van der Waals surface area contributed by atoms with Crippen LogP contribution in [0.25, 0.3) is 0 Å². The summed E-state index contributed by atoms with van der Waals surface area (Å²) in [6, 6.07) is 9.53. The molecule has 0 saturated heterocycles. The molecule has 0 atom stereocenters. The van der Waals surface area contributed by atoms with Gasteiger partial charge in [-0.3, -0.25) is 4.79 Å². The van der Waals surface area contributed by atoms with Crippen LogP contribution in [0.1, 0.15) is 17.1 Å². The molecule has 0 amide bonds. The first-order valence-corrected chi connectivity index (χ1v) is 5.74. The van der Waals surface area contributed by atoms with Gasteiger partial charge < -0.3 is 4.98 Å². The maximum absolute atomic E-state index is 11.3. The van der Waals surface area contributed by atoms with Gasteiger partial charge in [0.25, 0.3) is 5.56 Å². The minimum Gasteiger partial charge on any atom is -0.311 e. The predicted molar refractivity (Wildman–Crippen MR) is 66.5 cm³/mol. The highest BCUT2D eigenvalue weighted by molar-refractivity contribution is 9.10. The van der Waals surface area contributed by atoms with Gasteiger partial charge in [-0.05, 0) is 24.6 Å². The summed E-state index contributed by atoms with van der Waals surface area (Å²) in [5.41, 5.74) is 1.84. The van der Waals surface area contributed by atoms with E-state index in [1.807, 2.05) is 24.3 Å². The van der Waals surface area contributed by atoms with Crippen molar-refractivity contribution in [3.8, 4) is 0 Å². The number of hydrogen-bond acceptors (Lipinski definition) is 2. The van der Waals surface area contributed by atoms with Gasteiger partial charge in [-0.1, -0.05) is 28.1 Å². The van der Waals surface area contributed by atoms with Crippen molar-refractivity contribution in [2.24, 2.45) is 0 Å². The first-order chi connectivity index (χ1) is 7.63. The molecule has 0 radical (unpaired) electrons. The second-order valence-electron chi connectivity index (χ2n) is 3.63. The Kier molecular flexibility index (Phi) is 3.19. The standard InChI is InChI=1S/C12H11BrN2O/c1-8-14-11(7-12(16)15-8)6-9-2-4-10(13)5-3-9/h2-5,7H,6H2,1H3,(H,14,15,16). The lowest BCUT2D eigenvalue weighted by Crippen LogP contribution is -2.10. The molecule has 82 valence electrons. The summed E-state index contributed by atoms with van der Waals surface area (Å²) >= 11 is 3.38. The molecule has 0 aliphatic heterocycles. The van der Waals surface area contributed by atoms with Crippen molar-refractivity contribution in [1.29, 1.82) is 0 Å². The van der Waals surface area contributed by atoms with E-state index in [1.54, 1.807) is 6.92 Å². The van der Waals surface area contributed by atoms with Gasteiger partial charge in [0.1, 0.15) is 5.82 Å². The van der Waals surface area contributed by atoms with Crippen LogP contribution < -0.4 is 5.56 Å². The molecular weight excluding hydrogens is 268 g/mol. The molecule has 0 spiro atoms. The normalized spacial score (nSPS) is 10.4. The second kappa shape index (κ2) is 4.61. The van der Waals surface area contributed by atoms with Gasteiger partial charge in [-0.2, -0.15) is 0 Å². The molecule has 0 unspecified atom stereocenters. The summed E-state index contributed by atoms with van der Waals surface area (Å²) in [7, 11) is 0. The molecule has 0 bridgehead atoms. The number of H-pyrrole nitrogens is 1. The van der Waals surface area contributed by atoms with Crippen LogP contribution in [-0.2, 0) is 6.42 Å². The summed E-state index contributed by atoms with van der Waals surface area (Å²) in [6.45, 7) is 1.78. The Balaban J connectivity index is 2.26. The fourth-order valence-electron chi connectivity index (χ4n) is 1.54. The van der Waals surface area contributed by atoms with E-state index in [0.717, 1.165) is 15.7 Å². The summed E-state index contributed by atoms with van der Waals surface area (Å²) in [4.78, 5) is 18.2. The van der Waals surface area contributed by atoms with Crippen molar-refractivity contribution in [3.05, 3.63) is 62.2 Å². The number of benzene rings is 1. The Bertz CT molecular complexity index is 546. The van der Waals surface area contributed by atoms with E-state index in [0.29, 0.717) is 12.2 Å². The lowest BCUT2D eigenvalue weighted by atomic mass is 10.1. The largest absolute Gasteiger partial charge is 0.311 e. The topological polar surface area (TPSA) is 45.8 Å². The summed E-state index contributed by atoms with van der Waals surface area (Å²) < 4.78 is 1.05. The van der Waals surface area contributed by atoms with Gasteiger partial charge in [0.15, 0.2) is 0 Å². The SMILES string of the molecule is Cc1nc(Cc2ccc(Br)cc2)cc(=O)[nH]1. The quantitative estimate of drug-likeness (QED) is 0.917. The number of nitrogens with one attached hydrogen (secondary N) is 1. The third-order valence-electron chi connectivity index (χ3n) is 2.21. The van der Waals surface area contributed by atoms with E-state index in [9.17, 15) is 4.79 Å². The van der Waals surface area contributed by atoms with Gasteiger partial charge in [0.2, 0.25) is 0 Å². The number of aromatic amines is 1. The van der Waals surface area contributed by atoms with Crippen LogP contribution in [-0.4, -0.2) is 9.97 Å². The number of hydrogen-bond donors (Lipinski definition) is 1. The molecule has 3 nitrogen and oxygen atoms in total. The average Bonchev–Trinajstić information content (AvgIpc) is 2.20. The van der Waals surface area contributed by atoms with Crippen molar-refractivity contribution in [1.82, 2.24) is 9.97 Å². The number of rotatable bonds is 2. The van der Waals surface area contributed by atoms with Crippen molar-refractivity contribution in [2.75, 3.05) is 0 Å². The van der Waals surface area contributed by atoms with Crippen molar-refractivity contribution in [3.63, 3.8) is 0 Å². The number of aromatic nitrogens is 2. The number of halogens is 1. The van der Waals surface area contributed by atoms with Crippen LogP contribution in [0.4, 0.5) is 0 Å². The van der Waals surface area contributed by atoms with Crippen LogP contribution in [0.2, 0.25) is 0 Å². The monoisotopic (exact) mass is 278 g/mol. The molecule has 2 rings (SSSR count). The van der Waals surface area contributed by atoms with E-state index in [2.05, 4.69) is 25.9 Å². The lowest BCUT2D eigenvalue weighted by molar-refractivity contribution is 0.945. The molecule has 1 aromatic carbocycles. The molecule has 4 heteroatoms. The average molecular weight is 279 g/mol. The maximum atomic E-state index is 11.3. The van der Waals surface area contributed by atoms with Gasteiger partial charge >= 0.3 is 0 Å². The van der Waals surface area contributed by atoms with Crippen molar-refractivity contribution >= 4 is 15.9 Å². The van der Waals surface area contributed by atoms with Crippen molar-refractivity contribution in [2.45, 2.75) is 13.3 Å². The zero-order valence-corrected chi connectivity index (χ0v) is 10.4. The number of nitrogens with zero attached hydrogens (tertiary/aromatic N) is 1. The van der Waals surface area contributed by atoms with Gasteiger partial charge in [-0.15, -0.1) is 0 Å². The zero-order valence-electron chi connectivity index (χ0n) is 8.83. The first-order valence-electron chi connectivity index (χ1n) is 4.95. The van der Waals surface area contributed by atoms with Gasteiger partial charge in [-0.25, -0.2) is 4.98 Å². The van der Waals surface area contributed by atoms with E-state index >= 15 is 0 Å². The third-order valence-corrected chi connectivity index (χ3v) is 2.74. The Labute approximate surface area is 102 Å². The summed E-state index contributed by atoms with van der Waals surface area (Å²) in [5, 5.41) is 0. The van der Waals surface area contributed by atoms with Crippen LogP contribution in [0.5, 0.6) is 0 Å². The lowest BCUT2D eigenvalue weighted by Gasteiger charge is -2.02.